The number of carbonyl (C=O) groups excluding carboxylic acids is 2. The molecule has 0 radical (unpaired) electrons. The highest BCUT2D eigenvalue weighted by atomic mass is 32.1. The van der Waals surface area contributed by atoms with E-state index in [1.165, 1.54) is 29.5 Å². The largest absolute Gasteiger partial charge is 0.586 e. The predicted molar refractivity (Wildman–Crippen MR) is 85.4 cm³/mol. The van der Waals surface area contributed by atoms with Gasteiger partial charge in [-0.25, -0.2) is 4.79 Å². The summed E-state index contributed by atoms with van der Waals surface area (Å²) in [4.78, 5) is 25.6. The van der Waals surface area contributed by atoms with Crippen molar-refractivity contribution < 1.29 is 32.6 Å². The molecule has 0 unspecified atom stereocenters. The van der Waals surface area contributed by atoms with Gasteiger partial charge in [-0.3, -0.25) is 4.79 Å². The number of halogens is 2. The minimum Gasteiger partial charge on any atom is -0.452 e. The molecule has 0 spiro atoms. The number of hydrogen-bond acceptors (Lipinski definition) is 6. The Morgan fingerprint density at radius 1 is 1.20 bits per heavy atom. The van der Waals surface area contributed by atoms with Gasteiger partial charge in [0.15, 0.2) is 18.1 Å². The Kier molecular flexibility index (Phi) is 4.34. The molecule has 132 valence electrons. The number of benzene rings is 1. The minimum absolute atomic E-state index is 0.127. The molecule has 1 aliphatic rings. The second-order valence-corrected chi connectivity index (χ2v) is 6.74. The van der Waals surface area contributed by atoms with E-state index in [9.17, 15) is 18.4 Å². The molecule has 3 rings (SSSR count). The third-order valence-electron chi connectivity index (χ3n) is 3.28. The van der Waals surface area contributed by atoms with E-state index in [-0.39, 0.29) is 17.2 Å². The first-order valence-electron chi connectivity index (χ1n) is 7.17. The molecule has 1 aliphatic heterocycles. The zero-order valence-electron chi connectivity index (χ0n) is 13.2. The third-order valence-corrected chi connectivity index (χ3v) is 4.25. The number of carbonyl (C=O) groups is 2. The maximum absolute atomic E-state index is 12.9. The van der Waals surface area contributed by atoms with Gasteiger partial charge in [0.05, 0.1) is 5.56 Å². The summed E-state index contributed by atoms with van der Waals surface area (Å²) in [6, 6.07) is 5.51. The quantitative estimate of drug-likeness (QED) is 0.836. The zero-order chi connectivity index (χ0) is 18.2. The van der Waals surface area contributed by atoms with E-state index in [1.54, 1.807) is 13.0 Å². The van der Waals surface area contributed by atoms with Crippen molar-refractivity contribution in [3.05, 3.63) is 39.6 Å². The molecule has 0 atom stereocenters. The number of hydrogen-bond donors (Lipinski definition) is 1. The Hall–Kier alpha value is -2.68. The van der Waals surface area contributed by atoms with Crippen molar-refractivity contribution in [2.45, 2.75) is 20.1 Å². The highest BCUT2D eigenvalue weighted by Gasteiger charge is 2.43. The van der Waals surface area contributed by atoms with Crippen LogP contribution in [-0.2, 0) is 9.53 Å². The van der Waals surface area contributed by atoms with Gasteiger partial charge < -0.3 is 19.5 Å². The lowest BCUT2D eigenvalue weighted by atomic mass is 10.2. The number of anilines is 1. The average Bonchev–Trinajstić information content (AvgIpc) is 3.01. The van der Waals surface area contributed by atoms with Crippen LogP contribution in [-0.4, -0.2) is 24.8 Å². The molecule has 0 bridgehead atoms. The summed E-state index contributed by atoms with van der Waals surface area (Å²) in [7, 11) is 0. The van der Waals surface area contributed by atoms with Crippen LogP contribution in [0.4, 0.5) is 14.5 Å². The summed E-state index contributed by atoms with van der Waals surface area (Å²) in [5, 5.41) is 2.43. The van der Waals surface area contributed by atoms with E-state index in [0.29, 0.717) is 5.56 Å². The molecule has 9 heteroatoms. The average molecular weight is 369 g/mol. The van der Waals surface area contributed by atoms with Crippen LogP contribution in [0.5, 0.6) is 11.5 Å². The van der Waals surface area contributed by atoms with Crippen molar-refractivity contribution in [2.75, 3.05) is 11.9 Å². The van der Waals surface area contributed by atoms with Crippen molar-refractivity contribution in [1.82, 2.24) is 0 Å². The second-order valence-electron chi connectivity index (χ2n) is 5.28. The number of alkyl halides is 2. The van der Waals surface area contributed by atoms with Gasteiger partial charge >= 0.3 is 12.3 Å². The first-order valence-corrected chi connectivity index (χ1v) is 7.99. The van der Waals surface area contributed by atoms with Gasteiger partial charge in [-0.05, 0) is 32.0 Å². The SMILES string of the molecule is Cc1cc(C(=O)OCC(=O)Nc2ccc3c(c2)OC(F)(F)O3)c(C)s1. The molecule has 1 amide bonds. The topological polar surface area (TPSA) is 73.9 Å². The van der Waals surface area contributed by atoms with Gasteiger partial charge in [0.25, 0.3) is 5.91 Å². The van der Waals surface area contributed by atoms with Crippen LogP contribution in [0.15, 0.2) is 24.3 Å². The Balaban J connectivity index is 1.57. The number of thiophene rings is 1. The number of aryl methyl sites for hydroxylation is 2. The molecular formula is C16H13F2NO5S. The fourth-order valence-electron chi connectivity index (χ4n) is 2.27. The summed E-state index contributed by atoms with van der Waals surface area (Å²) in [5.74, 6) is -1.52. The number of nitrogens with one attached hydrogen (secondary N) is 1. The van der Waals surface area contributed by atoms with Crippen LogP contribution < -0.4 is 14.8 Å². The molecule has 2 heterocycles. The van der Waals surface area contributed by atoms with Crippen LogP contribution in [0.3, 0.4) is 0 Å². The lowest BCUT2D eigenvalue weighted by Gasteiger charge is -2.07. The van der Waals surface area contributed by atoms with E-state index in [1.807, 2.05) is 6.92 Å². The molecule has 25 heavy (non-hydrogen) atoms. The molecule has 1 aromatic carbocycles. The molecule has 1 N–H and O–H groups in total. The molecule has 0 saturated carbocycles. The number of rotatable bonds is 4. The fraction of sp³-hybridized carbons (Fsp3) is 0.250. The Morgan fingerprint density at radius 2 is 1.92 bits per heavy atom. The predicted octanol–water partition coefficient (Wildman–Crippen LogP) is 3.48. The van der Waals surface area contributed by atoms with Gasteiger partial charge in [-0.2, -0.15) is 0 Å². The summed E-state index contributed by atoms with van der Waals surface area (Å²) in [5.41, 5.74) is 0.629. The summed E-state index contributed by atoms with van der Waals surface area (Å²) in [6.45, 7) is 3.15. The lowest BCUT2D eigenvalue weighted by Crippen LogP contribution is -2.25. The molecule has 0 aliphatic carbocycles. The maximum Gasteiger partial charge on any atom is 0.586 e. The third kappa shape index (κ3) is 3.87. The normalized spacial score (nSPS) is 14.2. The van der Waals surface area contributed by atoms with Gasteiger partial charge in [0, 0.05) is 21.5 Å². The number of ether oxygens (including phenoxy) is 3. The van der Waals surface area contributed by atoms with Gasteiger partial charge in [-0.1, -0.05) is 0 Å². The van der Waals surface area contributed by atoms with Crippen LogP contribution in [0.1, 0.15) is 20.1 Å². The van der Waals surface area contributed by atoms with E-state index >= 15 is 0 Å². The highest BCUT2D eigenvalue weighted by Crippen LogP contribution is 2.42. The molecular weight excluding hydrogens is 356 g/mol. The smallest absolute Gasteiger partial charge is 0.452 e. The maximum atomic E-state index is 12.9. The van der Waals surface area contributed by atoms with Crippen molar-refractivity contribution in [2.24, 2.45) is 0 Å². The van der Waals surface area contributed by atoms with Crippen LogP contribution in [0.2, 0.25) is 0 Å². The van der Waals surface area contributed by atoms with Crippen LogP contribution in [0.25, 0.3) is 0 Å². The van der Waals surface area contributed by atoms with Gasteiger partial charge in [-0.15, -0.1) is 20.1 Å². The van der Waals surface area contributed by atoms with Crippen LogP contribution in [0, 0.1) is 13.8 Å². The van der Waals surface area contributed by atoms with Crippen molar-refractivity contribution in [3.63, 3.8) is 0 Å². The standard InChI is InChI=1S/C16H13F2NO5S/c1-8-5-11(9(2)25-8)15(21)22-7-14(20)19-10-3-4-12-13(6-10)24-16(17,18)23-12/h3-6H,7H2,1-2H3,(H,19,20). The number of esters is 1. The Morgan fingerprint density at radius 3 is 2.60 bits per heavy atom. The first-order chi connectivity index (χ1) is 11.7. The van der Waals surface area contributed by atoms with Gasteiger partial charge in [0.2, 0.25) is 0 Å². The van der Waals surface area contributed by atoms with Crippen molar-refractivity contribution in [3.8, 4) is 11.5 Å². The number of amides is 1. The summed E-state index contributed by atoms with van der Waals surface area (Å²) in [6.07, 6.45) is -3.73. The number of fused-ring (bicyclic) bond motifs is 1. The van der Waals surface area contributed by atoms with Crippen molar-refractivity contribution >= 4 is 28.9 Å². The molecule has 6 nitrogen and oxygen atoms in total. The Bertz CT molecular complexity index is 849. The summed E-state index contributed by atoms with van der Waals surface area (Å²) < 4.78 is 39.4. The van der Waals surface area contributed by atoms with Crippen LogP contribution >= 0.6 is 11.3 Å². The lowest BCUT2D eigenvalue weighted by molar-refractivity contribution is -0.286. The molecule has 2 aromatic rings. The highest BCUT2D eigenvalue weighted by molar-refractivity contribution is 7.12. The second kappa shape index (κ2) is 6.32. The van der Waals surface area contributed by atoms with Crippen molar-refractivity contribution in [1.29, 1.82) is 0 Å². The van der Waals surface area contributed by atoms with E-state index in [4.69, 9.17) is 4.74 Å². The monoisotopic (exact) mass is 369 g/mol. The van der Waals surface area contributed by atoms with E-state index in [0.717, 1.165) is 9.75 Å². The summed E-state index contributed by atoms with van der Waals surface area (Å²) >= 11 is 1.46. The molecule has 1 aromatic heterocycles. The molecule has 0 saturated heterocycles. The zero-order valence-corrected chi connectivity index (χ0v) is 14.0. The molecule has 0 fully saturated rings. The van der Waals surface area contributed by atoms with E-state index in [2.05, 4.69) is 14.8 Å². The van der Waals surface area contributed by atoms with E-state index < -0.39 is 24.8 Å². The minimum atomic E-state index is -3.73. The first kappa shape index (κ1) is 17.2. The van der Waals surface area contributed by atoms with Gasteiger partial charge in [0.1, 0.15) is 0 Å². The Labute approximate surface area is 145 Å². The fourth-order valence-corrected chi connectivity index (χ4v) is 3.18.